The van der Waals surface area contributed by atoms with E-state index in [1.807, 2.05) is 31.2 Å². The number of carbonyl (C=O) groups is 1. The van der Waals surface area contributed by atoms with Gasteiger partial charge in [0.2, 0.25) is 10.0 Å². The summed E-state index contributed by atoms with van der Waals surface area (Å²) in [5.41, 5.74) is 0.735. The summed E-state index contributed by atoms with van der Waals surface area (Å²) in [7, 11) is -3.64. The molecule has 0 bridgehead atoms. The molecule has 2 aromatic rings. The zero-order chi connectivity index (χ0) is 22.0. The van der Waals surface area contributed by atoms with Crippen LogP contribution in [0.4, 0.5) is 5.69 Å². The van der Waals surface area contributed by atoms with Crippen LogP contribution in [0.1, 0.15) is 6.92 Å². The van der Waals surface area contributed by atoms with Crippen molar-refractivity contribution < 1.29 is 27.6 Å². The van der Waals surface area contributed by atoms with Crippen molar-refractivity contribution in [2.75, 3.05) is 44.7 Å². The highest BCUT2D eigenvalue weighted by atomic mass is 79.9. The molecular formula is C21H25BrN3O5S+. The van der Waals surface area contributed by atoms with E-state index in [0.717, 1.165) is 15.1 Å². The maximum atomic E-state index is 13.1. The molecule has 166 valence electrons. The van der Waals surface area contributed by atoms with Crippen molar-refractivity contribution in [3.05, 3.63) is 46.9 Å². The van der Waals surface area contributed by atoms with Gasteiger partial charge in [0.05, 0.1) is 31.1 Å². The molecule has 31 heavy (non-hydrogen) atoms. The van der Waals surface area contributed by atoms with E-state index in [-0.39, 0.29) is 16.8 Å². The van der Waals surface area contributed by atoms with Crippen LogP contribution in [0.25, 0.3) is 0 Å². The third kappa shape index (κ3) is 4.87. The molecule has 2 aromatic carbocycles. The average Bonchev–Trinajstić information content (AvgIpc) is 2.79. The number of fused-ring (bicyclic) bond motifs is 1. The molecule has 0 unspecified atom stereocenters. The van der Waals surface area contributed by atoms with E-state index in [1.54, 1.807) is 12.1 Å². The average molecular weight is 511 g/mol. The Balaban J connectivity index is 1.37. The predicted octanol–water partition coefficient (Wildman–Crippen LogP) is 1.14. The number of anilines is 1. The first kappa shape index (κ1) is 22.1. The van der Waals surface area contributed by atoms with E-state index >= 15 is 0 Å². The van der Waals surface area contributed by atoms with Crippen molar-refractivity contribution in [3.8, 4) is 11.5 Å². The molecule has 0 spiro atoms. The molecule has 1 saturated heterocycles. The molecule has 10 heteroatoms. The molecule has 0 radical (unpaired) electrons. The Morgan fingerprint density at radius 2 is 1.71 bits per heavy atom. The van der Waals surface area contributed by atoms with Crippen molar-refractivity contribution >= 4 is 37.5 Å². The second-order valence-corrected chi connectivity index (χ2v) is 10.4. The van der Waals surface area contributed by atoms with Crippen LogP contribution < -0.4 is 19.7 Å². The lowest BCUT2D eigenvalue weighted by Gasteiger charge is -2.34. The number of sulfonamides is 1. The minimum atomic E-state index is -3.64. The van der Waals surface area contributed by atoms with Gasteiger partial charge >= 0.3 is 0 Å². The lowest BCUT2D eigenvalue weighted by molar-refractivity contribution is -0.917. The van der Waals surface area contributed by atoms with Gasteiger partial charge in [-0.15, -0.1) is 0 Å². The second-order valence-electron chi connectivity index (χ2n) is 7.59. The summed E-state index contributed by atoms with van der Waals surface area (Å²) in [6.07, 6.45) is 0. The van der Waals surface area contributed by atoms with Crippen molar-refractivity contribution in [1.82, 2.24) is 4.31 Å². The van der Waals surface area contributed by atoms with Gasteiger partial charge in [0, 0.05) is 16.2 Å². The molecule has 2 heterocycles. The summed E-state index contributed by atoms with van der Waals surface area (Å²) in [6.45, 7) is 4.53. The highest BCUT2D eigenvalue weighted by Gasteiger charge is 2.35. The van der Waals surface area contributed by atoms with E-state index < -0.39 is 10.0 Å². The topological polar surface area (TPSA) is 89.4 Å². The number of rotatable bonds is 5. The largest absolute Gasteiger partial charge is 0.486 e. The van der Waals surface area contributed by atoms with Crippen LogP contribution in [0.5, 0.6) is 11.5 Å². The number of quaternary nitrogens is 1. The Labute approximate surface area is 190 Å². The molecule has 1 fully saturated rings. The summed E-state index contributed by atoms with van der Waals surface area (Å²) in [6, 6.07) is 11.8. The molecule has 4 rings (SSSR count). The van der Waals surface area contributed by atoms with Gasteiger partial charge < -0.3 is 19.7 Å². The first-order valence-corrected chi connectivity index (χ1v) is 12.4. The Bertz CT molecular complexity index is 1050. The Kier molecular flexibility index (Phi) is 6.52. The second kappa shape index (κ2) is 9.15. The Hall–Kier alpha value is -2.14. The van der Waals surface area contributed by atoms with E-state index in [1.165, 1.54) is 10.4 Å². The standard InChI is InChI=1S/C21H24BrN3O5S/c1-15(21(26)23-17-4-2-16(22)3-5-17)24-8-10-25(11-9-24)31(27,28)18-6-7-19-20(14-18)30-13-12-29-19/h2-7,14-15H,8-13H2,1H3,(H,23,26)/p+1/t15-/m1/s1. The fraction of sp³-hybridized carbons (Fsp3) is 0.381. The number of nitrogens with one attached hydrogen (secondary N) is 2. The molecule has 0 aliphatic carbocycles. The van der Waals surface area contributed by atoms with Crippen LogP contribution >= 0.6 is 15.9 Å². The first-order valence-electron chi connectivity index (χ1n) is 10.2. The fourth-order valence-electron chi connectivity index (χ4n) is 3.75. The van der Waals surface area contributed by atoms with Gasteiger partial charge in [-0.1, -0.05) is 15.9 Å². The molecule has 0 aromatic heterocycles. The van der Waals surface area contributed by atoms with Crippen LogP contribution in [0, 0.1) is 0 Å². The third-order valence-corrected chi connectivity index (χ3v) is 8.06. The molecule has 2 aliphatic heterocycles. The number of piperazine rings is 1. The minimum Gasteiger partial charge on any atom is -0.486 e. The molecule has 2 N–H and O–H groups in total. The van der Waals surface area contributed by atoms with Crippen molar-refractivity contribution in [2.24, 2.45) is 0 Å². The van der Waals surface area contributed by atoms with Crippen LogP contribution in [0.15, 0.2) is 51.8 Å². The maximum Gasteiger partial charge on any atom is 0.282 e. The van der Waals surface area contributed by atoms with Gasteiger partial charge in [0.1, 0.15) is 13.2 Å². The van der Waals surface area contributed by atoms with Gasteiger partial charge in [-0.05, 0) is 43.3 Å². The number of hydrogen-bond acceptors (Lipinski definition) is 5. The highest BCUT2D eigenvalue weighted by Crippen LogP contribution is 2.33. The fourth-order valence-corrected chi connectivity index (χ4v) is 5.47. The third-order valence-electron chi connectivity index (χ3n) is 5.63. The SMILES string of the molecule is C[C@H](C(=O)Nc1ccc(Br)cc1)[NH+]1CCN(S(=O)(=O)c2ccc3c(c2)OCCO3)CC1. The van der Waals surface area contributed by atoms with E-state index in [0.29, 0.717) is 50.9 Å². The zero-order valence-electron chi connectivity index (χ0n) is 17.1. The predicted molar refractivity (Wildman–Crippen MR) is 119 cm³/mol. The van der Waals surface area contributed by atoms with Crippen molar-refractivity contribution in [1.29, 1.82) is 0 Å². The van der Waals surface area contributed by atoms with E-state index in [4.69, 9.17) is 9.47 Å². The molecule has 1 amide bonds. The smallest absolute Gasteiger partial charge is 0.282 e. The maximum absolute atomic E-state index is 13.1. The minimum absolute atomic E-state index is 0.0829. The number of ether oxygens (including phenoxy) is 2. The van der Waals surface area contributed by atoms with Crippen LogP contribution in [0.3, 0.4) is 0 Å². The lowest BCUT2D eigenvalue weighted by atomic mass is 10.2. The Morgan fingerprint density at radius 1 is 1.06 bits per heavy atom. The summed E-state index contributed by atoms with van der Waals surface area (Å²) >= 11 is 3.38. The van der Waals surface area contributed by atoms with Crippen LogP contribution in [-0.4, -0.2) is 64.1 Å². The molecule has 0 saturated carbocycles. The number of amides is 1. The highest BCUT2D eigenvalue weighted by molar-refractivity contribution is 9.10. The molecule has 1 atom stereocenters. The molecule has 2 aliphatic rings. The van der Waals surface area contributed by atoms with Crippen LogP contribution in [0.2, 0.25) is 0 Å². The summed E-state index contributed by atoms with van der Waals surface area (Å²) in [5, 5.41) is 2.92. The van der Waals surface area contributed by atoms with Crippen molar-refractivity contribution in [3.63, 3.8) is 0 Å². The zero-order valence-corrected chi connectivity index (χ0v) is 19.5. The number of carbonyl (C=O) groups excluding carboxylic acids is 1. The molecule has 8 nitrogen and oxygen atoms in total. The first-order chi connectivity index (χ1) is 14.8. The summed E-state index contributed by atoms with van der Waals surface area (Å²) in [4.78, 5) is 13.9. The normalized spacial score (nSPS) is 18.4. The van der Waals surface area contributed by atoms with Gasteiger partial charge in [-0.25, -0.2) is 8.42 Å². The quantitative estimate of drug-likeness (QED) is 0.629. The van der Waals surface area contributed by atoms with E-state index in [9.17, 15) is 13.2 Å². The monoisotopic (exact) mass is 510 g/mol. The number of hydrogen-bond donors (Lipinski definition) is 2. The number of nitrogens with zero attached hydrogens (tertiary/aromatic N) is 1. The summed E-state index contributed by atoms with van der Waals surface area (Å²) in [5.74, 6) is 0.931. The van der Waals surface area contributed by atoms with Gasteiger partial charge in [0.15, 0.2) is 17.5 Å². The van der Waals surface area contributed by atoms with Gasteiger partial charge in [0.25, 0.3) is 5.91 Å². The van der Waals surface area contributed by atoms with Crippen molar-refractivity contribution in [2.45, 2.75) is 17.9 Å². The lowest BCUT2D eigenvalue weighted by Crippen LogP contribution is -3.19. The Morgan fingerprint density at radius 3 is 2.39 bits per heavy atom. The number of benzene rings is 2. The van der Waals surface area contributed by atoms with Crippen LogP contribution in [-0.2, 0) is 14.8 Å². The summed E-state index contributed by atoms with van der Waals surface area (Å²) < 4.78 is 39.6. The van der Waals surface area contributed by atoms with E-state index in [2.05, 4.69) is 21.2 Å². The number of halogens is 1. The molecular weight excluding hydrogens is 486 g/mol. The van der Waals surface area contributed by atoms with Gasteiger partial charge in [-0.3, -0.25) is 4.79 Å². The van der Waals surface area contributed by atoms with Gasteiger partial charge in [-0.2, -0.15) is 4.31 Å².